The first kappa shape index (κ1) is 31.5. The minimum Gasteiger partial charge on any atom is -0.545 e. The van der Waals surface area contributed by atoms with Gasteiger partial charge >= 0.3 is 5.97 Å². The number of imide groups is 1. The van der Waals surface area contributed by atoms with Crippen LogP contribution in [0, 0.1) is 5.92 Å². The van der Waals surface area contributed by atoms with Gasteiger partial charge in [-0.1, -0.05) is 6.07 Å². The van der Waals surface area contributed by atoms with Gasteiger partial charge in [0.25, 0.3) is 17.7 Å². The lowest BCUT2D eigenvalue weighted by atomic mass is 9.89. The highest BCUT2D eigenvalue weighted by Gasteiger charge is 2.36. The molecule has 6 rings (SSSR count). The lowest BCUT2D eigenvalue weighted by Crippen LogP contribution is -2.42. The molecule has 242 valence electrons. The average Bonchev–Trinajstić information content (AvgIpc) is 3.38. The van der Waals surface area contributed by atoms with Crippen molar-refractivity contribution in [2.75, 3.05) is 46.2 Å². The number of carbonyl (C=O) groups excluding carboxylic acids is 5. The van der Waals surface area contributed by atoms with Crippen LogP contribution in [0.1, 0.15) is 46.4 Å². The summed E-state index contributed by atoms with van der Waals surface area (Å²) in [6.45, 7) is 0.418. The molecule has 3 aliphatic heterocycles. The Kier molecular flexibility index (Phi) is 8.27. The number of carbonyl (C=O) groups is 5. The first-order valence-electron chi connectivity index (χ1n) is 15.3. The summed E-state index contributed by atoms with van der Waals surface area (Å²) in [6.07, 6.45) is 0.544. The van der Waals surface area contributed by atoms with Crippen LogP contribution in [0.5, 0.6) is 0 Å². The van der Waals surface area contributed by atoms with E-state index in [2.05, 4.69) is 0 Å². The van der Waals surface area contributed by atoms with Crippen molar-refractivity contribution >= 4 is 46.3 Å². The first-order valence-corrected chi connectivity index (χ1v) is 15.3. The number of carboxylic acid groups (broad SMARTS) is 1. The van der Waals surface area contributed by atoms with Crippen molar-refractivity contribution in [3.8, 4) is 22.5 Å². The summed E-state index contributed by atoms with van der Waals surface area (Å²) in [5.41, 5.74) is 3.23. The minimum absolute atomic E-state index is 0.00647. The SMILES string of the molecule is CN(C)c1ccc2c(-c3ccc(C(=O)N4CCC(C(=O)ON5C(=O)CCC5=O)CC4)cc3C(=O)[O-])c3ccc(=[N+](C)C)cc-3oc2c1. The van der Waals surface area contributed by atoms with Gasteiger partial charge in [-0.3, -0.25) is 14.4 Å². The Labute approximate surface area is 270 Å². The van der Waals surface area contributed by atoms with Gasteiger partial charge in [0.15, 0.2) is 0 Å². The Morgan fingerprint density at radius 3 is 2.23 bits per heavy atom. The van der Waals surface area contributed by atoms with E-state index in [4.69, 9.17) is 9.25 Å². The minimum atomic E-state index is -1.43. The van der Waals surface area contributed by atoms with Crippen LogP contribution in [0.4, 0.5) is 5.69 Å². The second-order valence-electron chi connectivity index (χ2n) is 12.2. The number of aromatic carboxylic acids is 1. The van der Waals surface area contributed by atoms with E-state index in [0.717, 1.165) is 11.0 Å². The number of amides is 3. The highest BCUT2D eigenvalue weighted by molar-refractivity contribution is 6.09. The van der Waals surface area contributed by atoms with E-state index in [-0.39, 0.29) is 55.8 Å². The normalized spacial score (nSPS) is 15.4. The van der Waals surface area contributed by atoms with Gasteiger partial charge in [0, 0.05) is 85.5 Å². The number of hydrogen-bond acceptors (Lipinski definition) is 9. The Bertz CT molecular complexity index is 1980. The number of nitrogens with zero attached hydrogens (tertiary/aromatic N) is 4. The van der Waals surface area contributed by atoms with E-state index in [9.17, 15) is 29.1 Å². The molecular weight excluding hydrogens is 604 g/mol. The number of hydrogen-bond donors (Lipinski definition) is 0. The standard InChI is InChI=1S/C35H34N4O8/c1-36(2)22-6-9-25-28(18-22)46-29-19-23(37(3)4)7-10-26(29)32(25)24-8-5-21(17-27(24)34(43)44)33(42)38-15-13-20(14-16-38)35(45)47-39-30(40)11-12-31(39)41/h5-10,17-20H,11-16H2,1-4H3. The fraction of sp³-hybridized carbons (Fsp3) is 0.314. The molecule has 1 aliphatic carbocycles. The molecule has 12 heteroatoms. The third-order valence-electron chi connectivity index (χ3n) is 8.78. The van der Waals surface area contributed by atoms with Crippen LogP contribution in [0.3, 0.4) is 0 Å². The van der Waals surface area contributed by atoms with Crippen molar-refractivity contribution < 1.29 is 38.3 Å². The van der Waals surface area contributed by atoms with Crippen molar-refractivity contribution in [2.24, 2.45) is 5.92 Å². The van der Waals surface area contributed by atoms with Crippen LogP contribution in [0.15, 0.2) is 59.0 Å². The molecule has 3 amide bonds. The quantitative estimate of drug-likeness (QED) is 0.176. The van der Waals surface area contributed by atoms with Gasteiger partial charge in [-0.15, -0.1) is 5.06 Å². The zero-order chi connectivity index (χ0) is 33.6. The second-order valence-corrected chi connectivity index (χ2v) is 12.2. The van der Waals surface area contributed by atoms with Crippen molar-refractivity contribution in [3.05, 3.63) is 71.1 Å². The zero-order valence-corrected chi connectivity index (χ0v) is 26.6. The van der Waals surface area contributed by atoms with E-state index >= 15 is 0 Å². The fourth-order valence-electron chi connectivity index (χ4n) is 6.10. The summed E-state index contributed by atoms with van der Waals surface area (Å²) in [7, 11) is 7.68. The summed E-state index contributed by atoms with van der Waals surface area (Å²) in [5, 5.41) is 14.8. The number of piperidine rings is 1. The topological polar surface area (TPSA) is 144 Å². The Morgan fingerprint density at radius 2 is 1.60 bits per heavy atom. The summed E-state index contributed by atoms with van der Waals surface area (Å²) in [6, 6.07) is 16.0. The van der Waals surface area contributed by atoms with Crippen LogP contribution in [-0.4, -0.2) is 80.9 Å². The third kappa shape index (κ3) is 5.94. The Balaban J connectivity index is 1.32. The molecule has 0 bridgehead atoms. The zero-order valence-electron chi connectivity index (χ0n) is 26.6. The van der Waals surface area contributed by atoms with Gasteiger partial charge in [0.1, 0.15) is 25.4 Å². The fourth-order valence-corrected chi connectivity index (χ4v) is 6.10. The summed E-state index contributed by atoms with van der Waals surface area (Å²) in [5.74, 6) is -3.63. The maximum absolute atomic E-state index is 13.6. The number of anilines is 1. The average molecular weight is 639 g/mol. The van der Waals surface area contributed by atoms with E-state index < -0.39 is 29.7 Å². The molecule has 3 heterocycles. The van der Waals surface area contributed by atoms with Gasteiger partial charge in [-0.25, -0.2) is 9.37 Å². The van der Waals surface area contributed by atoms with Crippen molar-refractivity contribution in [2.45, 2.75) is 25.7 Å². The molecule has 0 atom stereocenters. The number of likely N-dealkylation sites (tertiary alicyclic amines) is 1. The van der Waals surface area contributed by atoms with Crippen LogP contribution >= 0.6 is 0 Å². The molecule has 2 aromatic rings. The molecule has 0 unspecified atom stereocenters. The van der Waals surface area contributed by atoms with Crippen LogP contribution in [0.25, 0.3) is 33.4 Å². The number of benzene rings is 3. The maximum Gasteiger partial charge on any atom is 0.336 e. The molecule has 2 saturated heterocycles. The molecule has 0 aromatic heterocycles. The lowest BCUT2D eigenvalue weighted by molar-refractivity contribution is -0.255. The highest BCUT2D eigenvalue weighted by atomic mass is 16.7. The molecule has 12 nitrogen and oxygen atoms in total. The maximum atomic E-state index is 13.6. The predicted octanol–water partition coefficient (Wildman–Crippen LogP) is 2.13. The molecule has 0 radical (unpaired) electrons. The van der Waals surface area contributed by atoms with Crippen LogP contribution in [-0.2, 0) is 19.2 Å². The Morgan fingerprint density at radius 1 is 0.915 bits per heavy atom. The van der Waals surface area contributed by atoms with Crippen LogP contribution in [0.2, 0.25) is 0 Å². The van der Waals surface area contributed by atoms with Crippen molar-refractivity contribution in [1.82, 2.24) is 14.5 Å². The Hall–Kier alpha value is -5.52. The van der Waals surface area contributed by atoms with Crippen molar-refractivity contribution in [1.29, 1.82) is 0 Å². The lowest BCUT2D eigenvalue weighted by Gasteiger charge is -2.31. The summed E-state index contributed by atoms with van der Waals surface area (Å²) >= 11 is 0. The van der Waals surface area contributed by atoms with E-state index in [1.165, 1.54) is 6.07 Å². The number of hydroxylamine groups is 2. The molecule has 47 heavy (non-hydrogen) atoms. The molecule has 2 fully saturated rings. The summed E-state index contributed by atoms with van der Waals surface area (Å²) in [4.78, 5) is 71.0. The molecule has 0 saturated carbocycles. The smallest absolute Gasteiger partial charge is 0.336 e. The van der Waals surface area contributed by atoms with Gasteiger partial charge in [-0.05, 0) is 48.7 Å². The molecule has 4 aliphatic rings. The molecule has 0 N–H and O–H groups in total. The summed E-state index contributed by atoms with van der Waals surface area (Å²) < 4.78 is 8.31. The number of carboxylic acids is 1. The van der Waals surface area contributed by atoms with Gasteiger partial charge < -0.3 is 29.0 Å². The number of fused-ring (bicyclic) bond motifs is 2. The monoisotopic (exact) mass is 638 g/mol. The van der Waals surface area contributed by atoms with E-state index in [1.807, 2.05) is 74.1 Å². The largest absolute Gasteiger partial charge is 0.545 e. The first-order chi connectivity index (χ1) is 22.4. The molecule has 2 aromatic carbocycles. The van der Waals surface area contributed by atoms with Crippen molar-refractivity contribution in [3.63, 3.8) is 0 Å². The van der Waals surface area contributed by atoms with E-state index in [0.29, 0.717) is 38.5 Å². The van der Waals surface area contributed by atoms with Gasteiger partial charge in [0.05, 0.1) is 18.0 Å². The van der Waals surface area contributed by atoms with Crippen LogP contribution < -0.4 is 19.9 Å². The third-order valence-corrected chi connectivity index (χ3v) is 8.78. The molecular formula is C35H34N4O8. The number of rotatable bonds is 6. The van der Waals surface area contributed by atoms with E-state index in [1.54, 1.807) is 17.0 Å². The predicted molar refractivity (Wildman–Crippen MR) is 170 cm³/mol. The highest BCUT2D eigenvalue weighted by Crippen LogP contribution is 2.42. The van der Waals surface area contributed by atoms with Gasteiger partial charge in [-0.2, -0.15) is 0 Å². The second kappa shape index (κ2) is 12.3. The molecule has 0 spiro atoms. The van der Waals surface area contributed by atoms with Gasteiger partial charge in [0.2, 0.25) is 5.36 Å².